The van der Waals surface area contributed by atoms with Gasteiger partial charge in [0, 0.05) is 76.3 Å². The second kappa shape index (κ2) is 26.5. The molecule has 4 aliphatic rings. The molecular formula is C40H66Cl4N4O3. The van der Waals surface area contributed by atoms with E-state index < -0.39 is 0 Å². The first-order chi connectivity index (χ1) is 22.4. The van der Waals surface area contributed by atoms with E-state index in [1.165, 1.54) is 62.5 Å². The van der Waals surface area contributed by atoms with Gasteiger partial charge in [-0.2, -0.15) is 0 Å². The third-order valence-electron chi connectivity index (χ3n) is 11.1. The molecule has 2 saturated carbocycles. The van der Waals surface area contributed by atoms with E-state index in [0.29, 0.717) is 24.4 Å². The maximum Gasteiger partial charge on any atom is 0.162 e. The van der Waals surface area contributed by atoms with Crippen LogP contribution in [0.3, 0.4) is 0 Å². The molecule has 11 heteroatoms. The summed E-state index contributed by atoms with van der Waals surface area (Å²) in [5, 5.41) is 0. The molecule has 2 aliphatic heterocycles. The van der Waals surface area contributed by atoms with Crippen molar-refractivity contribution >= 4 is 61.2 Å². The Morgan fingerprint density at radius 3 is 1.10 bits per heavy atom. The van der Waals surface area contributed by atoms with Gasteiger partial charge in [0.25, 0.3) is 0 Å². The highest BCUT2D eigenvalue weighted by Gasteiger charge is 2.19. The number of Topliss-reactive ketones (excluding diaryl/α,β-unsaturated/α-hetero) is 2. The highest BCUT2D eigenvalue weighted by atomic mass is 35.5. The van der Waals surface area contributed by atoms with Crippen molar-refractivity contribution in [2.45, 2.75) is 88.9 Å². The van der Waals surface area contributed by atoms with E-state index >= 15 is 0 Å². The van der Waals surface area contributed by atoms with Crippen molar-refractivity contribution in [3.05, 3.63) is 70.8 Å². The van der Waals surface area contributed by atoms with Gasteiger partial charge in [-0.3, -0.25) is 9.59 Å². The fourth-order valence-electron chi connectivity index (χ4n) is 7.76. The lowest BCUT2D eigenvalue weighted by molar-refractivity contribution is 0.0959. The second-order valence-electron chi connectivity index (χ2n) is 14.6. The minimum Gasteiger partial charge on any atom is -0.412 e. The largest absolute Gasteiger partial charge is 0.412 e. The van der Waals surface area contributed by atoms with E-state index in [2.05, 4.69) is 58.0 Å². The van der Waals surface area contributed by atoms with Crippen molar-refractivity contribution in [3.8, 4) is 0 Å². The van der Waals surface area contributed by atoms with E-state index in [4.69, 9.17) is 0 Å². The first-order valence-corrected chi connectivity index (χ1v) is 18.5. The van der Waals surface area contributed by atoms with Crippen molar-refractivity contribution in [1.29, 1.82) is 0 Å². The molecule has 2 aromatic carbocycles. The van der Waals surface area contributed by atoms with Gasteiger partial charge >= 0.3 is 0 Å². The molecule has 0 unspecified atom stereocenters. The fraction of sp³-hybridized carbons (Fsp3) is 0.650. The molecule has 7 nitrogen and oxygen atoms in total. The molecular weight excluding hydrogens is 726 g/mol. The Balaban J connectivity index is 0.000000893. The van der Waals surface area contributed by atoms with Gasteiger partial charge in [0.2, 0.25) is 0 Å². The van der Waals surface area contributed by atoms with E-state index in [1.807, 2.05) is 24.3 Å². The summed E-state index contributed by atoms with van der Waals surface area (Å²) < 4.78 is 0. The molecule has 0 amide bonds. The van der Waals surface area contributed by atoms with Crippen LogP contribution < -0.4 is 0 Å². The van der Waals surface area contributed by atoms with Crippen LogP contribution in [0, 0.1) is 0 Å². The maximum absolute atomic E-state index is 12.3. The second-order valence-corrected chi connectivity index (χ2v) is 14.6. The number of carbonyl (C=O) groups excluding carboxylic acids is 2. The Morgan fingerprint density at radius 2 is 0.804 bits per heavy atom. The van der Waals surface area contributed by atoms with Crippen LogP contribution in [0.15, 0.2) is 48.5 Å². The van der Waals surface area contributed by atoms with Crippen LogP contribution in [0.25, 0.3) is 0 Å². The molecule has 2 aliphatic carbocycles. The highest BCUT2D eigenvalue weighted by molar-refractivity contribution is 5.96. The monoisotopic (exact) mass is 790 g/mol. The van der Waals surface area contributed by atoms with Crippen molar-refractivity contribution in [2.24, 2.45) is 0 Å². The first-order valence-electron chi connectivity index (χ1n) is 18.5. The molecule has 292 valence electrons. The average molecular weight is 793 g/mol. The van der Waals surface area contributed by atoms with Gasteiger partial charge < -0.3 is 25.1 Å². The molecule has 6 rings (SSSR count). The van der Waals surface area contributed by atoms with Crippen LogP contribution in [0.5, 0.6) is 0 Å². The maximum atomic E-state index is 12.3. The van der Waals surface area contributed by atoms with Gasteiger partial charge in [-0.15, -0.1) is 49.6 Å². The number of hydrogen-bond acceptors (Lipinski definition) is 6. The number of rotatable bonds is 12. The Morgan fingerprint density at radius 1 is 0.510 bits per heavy atom. The number of nitrogens with zero attached hydrogens (tertiary/aromatic N) is 4. The molecule has 0 bridgehead atoms. The van der Waals surface area contributed by atoms with Gasteiger partial charge in [-0.05, 0) is 88.7 Å². The van der Waals surface area contributed by atoms with Gasteiger partial charge in [0.15, 0.2) is 11.6 Å². The molecule has 2 N–H and O–H groups in total. The summed E-state index contributed by atoms with van der Waals surface area (Å²) in [5.41, 5.74) is 4.64. The number of likely N-dealkylation sites (N-methyl/N-ethyl adjacent to an activating group) is 2. The van der Waals surface area contributed by atoms with Crippen molar-refractivity contribution in [3.63, 3.8) is 0 Å². The van der Waals surface area contributed by atoms with Crippen LogP contribution in [0.1, 0.15) is 121 Å². The number of piperazine rings is 2. The number of carbonyl (C=O) groups is 2. The zero-order valence-electron chi connectivity index (χ0n) is 31.1. The molecule has 2 aromatic rings. The zero-order valence-corrected chi connectivity index (χ0v) is 34.3. The van der Waals surface area contributed by atoms with Crippen LogP contribution in [-0.2, 0) is 0 Å². The minimum absolute atomic E-state index is 0. The Hall–Kier alpha value is -1.26. The fourth-order valence-corrected chi connectivity index (χ4v) is 7.76. The molecule has 0 radical (unpaired) electrons. The highest BCUT2D eigenvalue weighted by Crippen LogP contribution is 2.35. The van der Waals surface area contributed by atoms with Crippen LogP contribution in [-0.4, -0.2) is 116 Å². The Bertz CT molecular complexity index is 1110. The zero-order chi connectivity index (χ0) is 32.1. The standard InChI is InChI=1S/2C20H30N2O.4ClH.H2O/c2*1-21-13-15-22(16-14-21)12-4-7-20(23)19-10-8-18(9-11-19)17-5-2-3-6-17;;;;;/h2*8-11,17H,2-7,12-16H2,1H3;4*1H;1H2. The van der Waals surface area contributed by atoms with E-state index in [-0.39, 0.29) is 55.1 Å². The minimum atomic E-state index is 0. The first kappa shape index (κ1) is 49.7. The summed E-state index contributed by atoms with van der Waals surface area (Å²) >= 11 is 0. The van der Waals surface area contributed by atoms with E-state index in [0.717, 1.165) is 101 Å². The third kappa shape index (κ3) is 16.3. The summed E-state index contributed by atoms with van der Waals surface area (Å²) in [5.74, 6) is 2.07. The Labute approximate surface area is 333 Å². The number of halogens is 4. The summed E-state index contributed by atoms with van der Waals surface area (Å²) in [4.78, 5) is 34.4. The molecule has 0 aromatic heterocycles. The summed E-state index contributed by atoms with van der Waals surface area (Å²) in [7, 11) is 4.35. The molecule has 2 saturated heterocycles. The summed E-state index contributed by atoms with van der Waals surface area (Å²) in [6.45, 7) is 11.3. The molecule has 4 fully saturated rings. The van der Waals surface area contributed by atoms with Crippen LogP contribution in [0.4, 0.5) is 0 Å². The van der Waals surface area contributed by atoms with Gasteiger partial charge in [-0.1, -0.05) is 74.2 Å². The topological polar surface area (TPSA) is 78.6 Å². The number of ketones is 2. The van der Waals surface area contributed by atoms with E-state index in [9.17, 15) is 9.59 Å². The van der Waals surface area contributed by atoms with Crippen LogP contribution in [0.2, 0.25) is 0 Å². The van der Waals surface area contributed by atoms with Crippen molar-refractivity contribution in [1.82, 2.24) is 19.6 Å². The number of hydrogen-bond donors (Lipinski definition) is 0. The van der Waals surface area contributed by atoms with Crippen molar-refractivity contribution < 1.29 is 15.1 Å². The van der Waals surface area contributed by atoms with Crippen molar-refractivity contribution in [2.75, 3.05) is 79.5 Å². The summed E-state index contributed by atoms with van der Waals surface area (Å²) in [6.07, 6.45) is 14.0. The third-order valence-corrected chi connectivity index (χ3v) is 11.1. The van der Waals surface area contributed by atoms with Gasteiger partial charge in [0.1, 0.15) is 0 Å². The van der Waals surface area contributed by atoms with Crippen LogP contribution >= 0.6 is 49.6 Å². The van der Waals surface area contributed by atoms with Gasteiger partial charge in [0.05, 0.1) is 0 Å². The SMILES string of the molecule is CN1CCN(CCCC(=O)c2ccc(C3CCCC3)cc2)CC1.CN1CCN(CCCC(=O)c2ccc(C3CCCC3)cc2)CC1.Cl.Cl.Cl.Cl.O. The van der Waals surface area contributed by atoms with Gasteiger partial charge in [-0.25, -0.2) is 0 Å². The molecule has 0 spiro atoms. The molecule has 51 heavy (non-hydrogen) atoms. The predicted molar refractivity (Wildman–Crippen MR) is 223 cm³/mol. The number of benzene rings is 2. The summed E-state index contributed by atoms with van der Waals surface area (Å²) in [6, 6.07) is 16.9. The Kier molecular flexibility index (Phi) is 25.8. The lowest BCUT2D eigenvalue weighted by atomic mass is 9.95. The average Bonchev–Trinajstić information content (AvgIpc) is 3.83. The molecule has 2 heterocycles. The molecule has 0 atom stereocenters. The predicted octanol–water partition coefficient (Wildman–Crippen LogP) is 7.97. The smallest absolute Gasteiger partial charge is 0.162 e. The lowest BCUT2D eigenvalue weighted by Gasteiger charge is -2.32. The lowest BCUT2D eigenvalue weighted by Crippen LogP contribution is -2.44. The normalized spacial score (nSPS) is 18.9. The van der Waals surface area contributed by atoms with E-state index in [1.54, 1.807) is 0 Å². The quantitative estimate of drug-likeness (QED) is 0.203.